The normalized spacial score (nSPS) is 10.8. The van der Waals surface area contributed by atoms with Crippen LogP contribution in [0.15, 0.2) is 47.5 Å². The van der Waals surface area contributed by atoms with Gasteiger partial charge < -0.3 is 4.90 Å². The minimum Gasteiger partial charge on any atom is -0.328 e. The van der Waals surface area contributed by atoms with Gasteiger partial charge in [-0.3, -0.25) is 0 Å². The first-order chi connectivity index (χ1) is 9.43. The molecule has 6 heteroatoms. The number of nitrogens with zero attached hydrogens (tertiary/aromatic N) is 3. The molecule has 0 bridgehead atoms. The molecule has 0 aliphatic heterocycles. The number of hydrogen-bond acceptors (Lipinski definition) is 5. The molecule has 2 aromatic rings. The summed E-state index contributed by atoms with van der Waals surface area (Å²) in [4.78, 5) is 5.95. The molecule has 0 spiro atoms. The quantitative estimate of drug-likeness (QED) is 0.864. The molecule has 0 radical (unpaired) electrons. The molecule has 0 fully saturated rings. The first-order valence-electron chi connectivity index (χ1n) is 5.82. The summed E-state index contributed by atoms with van der Waals surface area (Å²) in [5.74, 6) is 0.338. The number of hydrogen-bond donors (Lipinski definition) is 0. The molecule has 0 saturated heterocycles. The molecule has 102 valence electrons. The summed E-state index contributed by atoms with van der Waals surface area (Å²) in [5.41, 5.74) is 1.21. The lowest BCUT2D eigenvalue weighted by Gasteiger charge is -2.20. The fourth-order valence-electron chi connectivity index (χ4n) is 1.83. The second-order valence-electron chi connectivity index (χ2n) is 4.32. The number of benzene rings is 1. The average Bonchev–Trinajstić information content (AvgIpc) is 2.45. The molecule has 0 aliphatic rings. The van der Waals surface area contributed by atoms with Crippen molar-refractivity contribution in [3.63, 3.8) is 0 Å². The second-order valence-corrected chi connectivity index (χ2v) is 6.30. The molecule has 0 amide bonds. The van der Waals surface area contributed by atoms with Gasteiger partial charge in [0.15, 0.2) is 15.7 Å². The molecular weight excluding hydrogens is 274 g/mol. The van der Waals surface area contributed by atoms with Gasteiger partial charge >= 0.3 is 0 Å². The maximum Gasteiger partial charge on any atom is 0.179 e. The van der Waals surface area contributed by atoms with Gasteiger partial charge in [-0.2, -0.15) is 5.26 Å². The molecule has 0 atom stereocenters. The Bertz CT molecular complexity index is 779. The SMILES string of the molecule is CN(c1cccc(C#N)c1)c1ncccc1S(C)(=O)=O. The molecule has 0 unspecified atom stereocenters. The lowest BCUT2D eigenvalue weighted by Crippen LogP contribution is -2.15. The zero-order valence-electron chi connectivity index (χ0n) is 11.1. The third-order valence-corrected chi connectivity index (χ3v) is 3.95. The summed E-state index contributed by atoms with van der Waals surface area (Å²) in [7, 11) is -1.66. The van der Waals surface area contributed by atoms with Crippen LogP contribution in [0.25, 0.3) is 0 Å². The predicted octanol–water partition coefficient (Wildman–Crippen LogP) is 2.12. The maximum atomic E-state index is 11.8. The van der Waals surface area contributed by atoms with E-state index in [1.54, 1.807) is 42.3 Å². The van der Waals surface area contributed by atoms with Crippen LogP contribution in [0.2, 0.25) is 0 Å². The van der Waals surface area contributed by atoms with Gasteiger partial charge in [0.05, 0.1) is 11.6 Å². The summed E-state index contributed by atoms with van der Waals surface area (Å²) in [6.45, 7) is 0. The van der Waals surface area contributed by atoms with E-state index < -0.39 is 9.84 Å². The standard InChI is InChI=1S/C14H13N3O2S/c1-17(12-6-3-5-11(9-12)10-15)14-13(20(2,18)19)7-4-8-16-14/h3-9H,1-2H3. The average molecular weight is 287 g/mol. The van der Waals surface area contributed by atoms with Crippen LogP contribution < -0.4 is 4.90 Å². The second kappa shape index (κ2) is 5.31. The van der Waals surface area contributed by atoms with Crippen LogP contribution in [-0.4, -0.2) is 26.7 Å². The monoisotopic (exact) mass is 287 g/mol. The van der Waals surface area contributed by atoms with Crippen molar-refractivity contribution in [1.82, 2.24) is 4.98 Å². The zero-order valence-corrected chi connectivity index (χ0v) is 11.9. The largest absolute Gasteiger partial charge is 0.328 e. The first-order valence-corrected chi connectivity index (χ1v) is 7.71. The van der Waals surface area contributed by atoms with Gasteiger partial charge in [0.2, 0.25) is 0 Å². The Kier molecular flexibility index (Phi) is 3.72. The predicted molar refractivity (Wildman–Crippen MR) is 76.6 cm³/mol. The smallest absolute Gasteiger partial charge is 0.179 e. The highest BCUT2D eigenvalue weighted by atomic mass is 32.2. The van der Waals surface area contributed by atoms with E-state index in [4.69, 9.17) is 5.26 Å². The highest BCUT2D eigenvalue weighted by molar-refractivity contribution is 7.90. The van der Waals surface area contributed by atoms with Gasteiger partial charge in [0.1, 0.15) is 4.90 Å². The number of nitriles is 1. The van der Waals surface area contributed by atoms with E-state index in [9.17, 15) is 8.42 Å². The van der Waals surface area contributed by atoms with Crippen LogP contribution in [0, 0.1) is 11.3 Å². The minimum absolute atomic E-state index is 0.157. The number of rotatable bonds is 3. The van der Waals surface area contributed by atoms with Crippen molar-refractivity contribution in [2.45, 2.75) is 4.90 Å². The summed E-state index contributed by atoms with van der Waals surface area (Å²) in [6.07, 6.45) is 2.68. The molecule has 1 aromatic heterocycles. The van der Waals surface area contributed by atoms with Crippen LogP contribution in [0.5, 0.6) is 0 Å². The lowest BCUT2D eigenvalue weighted by molar-refractivity contribution is 0.601. The highest BCUT2D eigenvalue weighted by Crippen LogP contribution is 2.28. The molecule has 2 rings (SSSR count). The molecule has 20 heavy (non-hydrogen) atoms. The molecule has 1 heterocycles. The Morgan fingerprint density at radius 2 is 2.00 bits per heavy atom. The van der Waals surface area contributed by atoms with Gasteiger partial charge in [-0.1, -0.05) is 6.07 Å². The van der Waals surface area contributed by atoms with E-state index in [1.165, 1.54) is 12.3 Å². The van der Waals surface area contributed by atoms with Crippen LogP contribution in [0.3, 0.4) is 0 Å². The topological polar surface area (TPSA) is 74.1 Å². The minimum atomic E-state index is -3.37. The van der Waals surface area contributed by atoms with Crippen LogP contribution in [0.1, 0.15) is 5.56 Å². The van der Waals surface area contributed by atoms with Crippen molar-refractivity contribution < 1.29 is 8.42 Å². The number of pyridine rings is 1. The summed E-state index contributed by atoms with van der Waals surface area (Å²) >= 11 is 0. The van der Waals surface area contributed by atoms with Crippen molar-refractivity contribution in [3.05, 3.63) is 48.2 Å². The molecule has 0 saturated carbocycles. The van der Waals surface area contributed by atoms with Gasteiger partial charge in [0, 0.05) is 25.2 Å². The molecule has 0 N–H and O–H groups in total. The fraction of sp³-hybridized carbons (Fsp3) is 0.143. The number of aromatic nitrogens is 1. The van der Waals surface area contributed by atoms with Crippen molar-refractivity contribution in [2.75, 3.05) is 18.2 Å². The van der Waals surface area contributed by atoms with E-state index >= 15 is 0 Å². The van der Waals surface area contributed by atoms with E-state index in [1.807, 2.05) is 0 Å². The van der Waals surface area contributed by atoms with Crippen LogP contribution >= 0.6 is 0 Å². The third-order valence-electron chi connectivity index (χ3n) is 2.83. The first kappa shape index (κ1) is 14.0. The zero-order chi connectivity index (χ0) is 14.8. The van der Waals surface area contributed by atoms with Gasteiger partial charge in [-0.25, -0.2) is 13.4 Å². The number of sulfone groups is 1. The maximum absolute atomic E-state index is 11.8. The highest BCUT2D eigenvalue weighted by Gasteiger charge is 2.18. The summed E-state index contributed by atoms with van der Waals surface area (Å²) < 4.78 is 23.6. The number of anilines is 2. The van der Waals surface area contributed by atoms with Gasteiger partial charge in [-0.15, -0.1) is 0 Å². The van der Waals surface area contributed by atoms with Crippen molar-refractivity contribution >= 4 is 21.3 Å². The van der Waals surface area contributed by atoms with Crippen molar-refractivity contribution in [3.8, 4) is 6.07 Å². The van der Waals surface area contributed by atoms with E-state index in [2.05, 4.69) is 11.1 Å². The summed E-state index contributed by atoms with van der Waals surface area (Å²) in [6, 6.07) is 12.1. The van der Waals surface area contributed by atoms with E-state index in [-0.39, 0.29) is 4.90 Å². The Hall–Kier alpha value is -2.39. The third kappa shape index (κ3) is 2.78. The fourth-order valence-corrected chi connectivity index (χ4v) is 2.68. The molecule has 1 aromatic carbocycles. The van der Waals surface area contributed by atoms with E-state index in [0.29, 0.717) is 17.1 Å². The summed E-state index contributed by atoms with van der Waals surface area (Å²) in [5, 5.41) is 8.92. The van der Waals surface area contributed by atoms with Crippen molar-refractivity contribution in [1.29, 1.82) is 5.26 Å². The lowest BCUT2D eigenvalue weighted by atomic mass is 10.2. The molecular formula is C14H13N3O2S. The Morgan fingerprint density at radius 3 is 2.65 bits per heavy atom. The van der Waals surface area contributed by atoms with Crippen molar-refractivity contribution in [2.24, 2.45) is 0 Å². The van der Waals surface area contributed by atoms with Gasteiger partial charge in [0.25, 0.3) is 0 Å². The van der Waals surface area contributed by atoms with E-state index in [0.717, 1.165) is 6.26 Å². The van der Waals surface area contributed by atoms with Crippen LogP contribution in [-0.2, 0) is 9.84 Å². The molecule has 5 nitrogen and oxygen atoms in total. The Labute approximate surface area is 118 Å². The van der Waals surface area contributed by atoms with Crippen LogP contribution in [0.4, 0.5) is 11.5 Å². The molecule has 0 aliphatic carbocycles. The van der Waals surface area contributed by atoms with Gasteiger partial charge in [-0.05, 0) is 30.3 Å². The Morgan fingerprint density at radius 1 is 1.25 bits per heavy atom. The Balaban J connectivity index is 2.54.